The number of alkyl halides is 3. The lowest BCUT2D eigenvalue weighted by Gasteiger charge is -2.01. The number of benzene rings is 1. The lowest BCUT2D eigenvalue weighted by Crippen LogP contribution is -1.99. The zero-order valence-corrected chi connectivity index (χ0v) is 11.6. The highest BCUT2D eigenvalue weighted by Crippen LogP contribution is 2.37. The summed E-state index contributed by atoms with van der Waals surface area (Å²) in [6.07, 6.45) is 3.34. The van der Waals surface area contributed by atoms with E-state index in [4.69, 9.17) is 44.5 Å². The maximum absolute atomic E-state index is 8.68. The minimum Gasteiger partial charge on any atom is -0.417 e. The Bertz CT molecular complexity index is 635. The molecule has 0 aliphatic carbocycles. The first-order chi connectivity index (χ1) is 8.99. The SMILES string of the molecule is N#Cc1ccc(/C=C/c2nnc(C(Cl)(Cl)Cl)o2)cc1. The van der Waals surface area contributed by atoms with Crippen molar-refractivity contribution >= 4 is 47.0 Å². The minimum atomic E-state index is -1.73. The molecule has 1 heterocycles. The minimum absolute atomic E-state index is 0.0861. The molecular formula is C12H6Cl3N3O. The van der Waals surface area contributed by atoms with Crippen molar-refractivity contribution in [3.63, 3.8) is 0 Å². The van der Waals surface area contributed by atoms with Crippen LogP contribution in [0.1, 0.15) is 22.9 Å². The molecule has 0 fully saturated rings. The van der Waals surface area contributed by atoms with Crippen LogP contribution >= 0.6 is 34.8 Å². The highest BCUT2D eigenvalue weighted by Gasteiger charge is 2.29. The van der Waals surface area contributed by atoms with Gasteiger partial charge in [0.1, 0.15) is 0 Å². The van der Waals surface area contributed by atoms with E-state index in [1.165, 1.54) is 0 Å². The van der Waals surface area contributed by atoms with Crippen LogP contribution in [0.25, 0.3) is 12.2 Å². The largest absolute Gasteiger partial charge is 0.417 e. The average Bonchev–Trinajstić information content (AvgIpc) is 2.86. The second-order valence-electron chi connectivity index (χ2n) is 3.51. The molecular weight excluding hydrogens is 309 g/mol. The highest BCUT2D eigenvalue weighted by atomic mass is 35.6. The van der Waals surface area contributed by atoms with Gasteiger partial charge in [0.2, 0.25) is 5.89 Å². The second-order valence-corrected chi connectivity index (χ2v) is 5.79. The third-order valence-electron chi connectivity index (χ3n) is 2.14. The highest BCUT2D eigenvalue weighted by molar-refractivity contribution is 6.66. The number of nitriles is 1. The topological polar surface area (TPSA) is 62.7 Å². The van der Waals surface area contributed by atoms with Crippen LogP contribution in [0.3, 0.4) is 0 Å². The van der Waals surface area contributed by atoms with Crippen molar-refractivity contribution in [2.24, 2.45) is 0 Å². The third-order valence-corrected chi connectivity index (χ3v) is 2.63. The molecule has 4 nitrogen and oxygen atoms in total. The number of hydrogen-bond acceptors (Lipinski definition) is 4. The molecule has 19 heavy (non-hydrogen) atoms. The van der Waals surface area contributed by atoms with E-state index < -0.39 is 3.79 Å². The van der Waals surface area contributed by atoms with Gasteiger partial charge in [-0.15, -0.1) is 10.2 Å². The molecule has 0 unspecified atom stereocenters. The summed E-state index contributed by atoms with van der Waals surface area (Å²) in [4.78, 5) is 0. The van der Waals surface area contributed by atoms with Gasteiger partial charge in [0.25, 0.3) is 9.68 Å². The monoisotopic (exact) mass is 313 g/mol. The molecule has 0 aliphatic rings. The van der Waals surface area contributed by atoms with E-state index in [9.17, 15) is 0 Å². The Labute approximate surface area is 124 Å². The molecule has 1 aromatic carbocycles. The quantitative estimate of drug-likeness (QED) is 0.788. The first-order valence-corrected chi connectivity index (χ1v) is 6.21. The molecule has 0 saturated heterocycles. The smallest absolute Gasteiger partial charge is 0.268 e. The molecule has 0 spiro atoms. The summed E-state index contributed by atoms with van der Waals surface area (Å²) in [6.45, 7) is 0. The fourth-order valence-electron chi connectivity index (χ4n) is 1.25. The Morgan fingerprint density at radius 2 is 1.79 bits per heavy atom. The first kappa shape index (κ1) is 13.9. The van der Waals surface area contributed by atoms with Crippen LogP contribution in [-0.4, -0.2) is 10.2 Å². The molecule has 2 rings (SSSR count). The summed E-state index contributed by atoms with van der Waals surface area (Å²) in [6, 6.07) is 9.04. The number of aromatic nitrogens is 2. The zero-order valence-electron chi connectivity index (χ0n) is 9.35. The standard InChI is InChI=1S/C12H6Cl3N3O/c13-12(14,15)11-18-17-10(19-11)6-5-8-1-3-9(7-16)4-2-8/h1-6H/b6-5+. The van der Waals surface area contributed by atoms with Gasteiger partial charge >= 0.3 is 0 Å². The van der Waals surface area contributed by atoms with Crippen molar-refractivity contribution in [1.82, 2.24) is 10.2 Å². The fraction of sp³-hybridized carbons (Fsp3) is 0.0833. The zero-order chi connectivity index (χ0) is 13.9. The van der Waals surface area contributed by atoms with Gasteiger partial charge in [0.15, 0.2) is 0 Å². The van der Waals surface area contributed by atoms with Gasteiger partial charge in [-0.1, -0.05) is 46.9 Å². The normalized spacial score (nSPS) is 11.7. The maximum atomic E-state index is 8.68. The Balaban J connectivity index is 2.14. The number of nitrogens with zero attached hydrogens (tertiary/aromatic N) is 3. The molecule has 2 aromatic rings. The van der Waals surface area contributed by atoms with E-state index >= 15 is 0 Å². The Hall–Kier alpha value is -1.54. The van der Waals surface area contributed by atoms with Gasteiger partial charge in [-0.25, -0.2) is 0 Å². The van der Waals surface area contributed by atoms with Crippen molar-refractivity contribution in [3.05, 3.63) is 47.2 Å². The lowest BCUT2D eigenvalue weighted by atomic mass is 10.1. The molecule has 0 radical (unpaired) electrons. The molecule has 0 amide bonds. The average molecular weight is 315 g/mol. The van der Waals surface area contributed by atoms with E-state index in [-0.39, 0.29) is 11.8 Å². The van der Waals surface area contributed by atoms with Crippen molar-refractivity contribution in [2.45, 2.75) is 3.79 Å². The lowest BCUT2D eigenvalue weighted by molar-refractivity contribution is 0.493. The number of hydrogen-bond donors (Lipinski definition) is 0. The summed E-state index contributed by atoms with van der Waals surface area (Å²) in [5.74, 6) is 0.141. The van der Waals surface area contributed by atoms with Crippen LogP contribution in [0.15, 0.2) is 28.7 Å². The molecule has 0 aliphatic heterocycles. The van der Waals surface area contributed by atoms with E-state index in [0.717, 1.165) is 5.56 Å². The Morgan fingerprint density at radius 1 is 1.11 bits per heavy atom. The van der Waals surface area contributed by atoms with Crippen LogP contribution in [0.2, 0.25) is 0 Å². The number of rotatable bonds is 2. The van der Waals surface area contributed by atoms with E-state index in [2.05, 4.69) is 10.2 Å². The van der Waals surface area contributed by atoms with Gasteiger partial charge in [0, 0.05) is 6.08 Å². The predicted molar refractivity (Wildman–Crippen MR) is 73.6 cm³/mol. The second kappa shape index (κ2) is 5.62. The summed E-state index contributed by atoms with van der Waals surface area (Å²) < 4.78 is 3.43. The predicted octanol–water partition coefficient (Wildman–Crippen LogP) is 3.94. The summed E-state index contributed by atoms with van der Waals surface area (Å²) in [7, 11) is 0. The van der Waals surface area contributed by atoms with Crippen molar-refractivity contribution in [3.8, 4) is 6.07 Å². The van der Waals surface area contributed by atoms with E-state index in [0.29, 0.717) is 5.56 Å². The van der Waals surface area contributed by atoms with Gasteiger partial charge in [-0.05, 0) is 23.8 Å². The maximum Gasteiger partial charge on any atom is 0.268 e. The molecule has 7 heteroatoms. The van der Waals surface area contributed by atoms with Crippen LogP contribution in [0.5, 0.6) is 0 Å². The molecule has 0 atom stereocenters. The fourth-order valence-corrected chi connectivity index (χ4v) is 1.48. The Morgan fingerprint density at radius 3 is 2.32 bits per heavy atom. The van der Waals surface area contributed by atoms with Crippen LogP contribution in [0.4, 0.5) is 0 Å². The summed E-state index contributed by atoms with van der Waals surface area (Å²) in [5.41, 5.74) is 1.47. The van der Waals surface area contributed by atoms with Crippen LogP contribution < -0.4 is 0 Å². The third kappa shape index (κ3) is 3.71. The van der Waals surface area contributed by atoms with Crippen LogP contribution in [0, 0.1) is 11.3 Å². The molecule has 0 saturated carbocycles. The van der Waals surface area contributed by atoms with E-state index in [1.54, 1.807) is 36.4 Å². The van der Waals surface area contributed by atoms with Gasteiger partial charge in [-0.2, -0.15) is 5.26 Å². The first-order valence-electron chi connectivity index (χ1n) is 5.08. The van der Waals surface area contributed by atoms with Crippen LogP contribution in [-0.2, 0) is 3.79 Å². The van der Waals surface area contributed by atoms with Gasteiger partial charge in [0.05, 0.1) is 11.6 Å². The molecule has 1 aromatic heterocycles. The summed E-state index contributed by atoms with van der Waals surface area (Å²) in [5, 5.41) is 16.0. The van der Waals surface area contributed by atoms with Crippen molar-refractivity contribution < 1.29 is 4.42 Å². The molecule has 0 bridgehead atoms. The van der Waals surface area contributed by atoms with E-state index in [1.807, 2.05) is 6.07 Å². The van der Waals surface area contributed by atoms with Gasteiger partial charge in [-0.3, -0.25) is 0 Å². The molecule has 0 N–H and O–H groups in total. The van der Waals surface area contributed by atoms with Crippen molar-refractivity contribution in [2.75, 3.05) is 0 Å². The molecule has 96 valence electrons. The Kier molecular flexibility index (Phi) is 4.11. The van der Waals surface area contributed by atoms with Gasteiger partial charge < -0.3 is 4.42 Å². The van der Waals surface area contributed by atoms with Crippen molar-refractivity contribution in [1.29, 1.82) is 5.26 Å². The number of halogens is 3. The summed E-state index contributed by atoms with van der Waals surface area (Å²) >= 11 is 16.8.